The molecular formula is C12H15BrClNO4S. The summed E-state index contributed by atoms with van der Waals surface area (Å²) >= 11 is 3.16. The van der Waals surface area contributed by atoms with Crippen LogP contribution in [0, 0.1) is 5.92 Å². The lowest BCUT2D eigenvalue weighted by molar-refractivity contribution is 0.0934. The molecule has 20 heavy (non-hydrogen) atoms. The first-order valence-corrected chi connectivity index (χ1v) is 8.86. The largest absolute Gasteiger partial charge is 0.384 e. The first kappa shape index (κ1) is 17.4. The van der Waals surface area contributed by atoms with Crippen molar-refractivity contribution in [1.82, 2.24) is 5.32 Å². The number of hydrogen-bond acceptors (Lipinski definition) is 4. The van der Waals surface area contributed by atoms with Crippen LogP contribution in [-0.4, -0.2) is 34.6 Å². The molecule has 5 nitrogen and oxygen atoms in total. The number of hydrogen-bond donors (Lipinski definition) is 1. The Kier molecular flexibility index (Phi) is 6.44. The third-order valence-corrected chi connectivity index (χ3v) is 4.27. The standard InChI is InChI=1S/C12H15BrClNO4S/c1-8(7-19-2)6-15-12(16)9-3-10(13)5-11(4-9)20(14,17)18/h3-5,8H,6-7H2,1-2H3,(H,15,16). The second-order valence-corrected chi connectivity index (χ2v) is 7.87. The first-order valence-electron chi connectivity index (χ1n) is 5.76. The van der Waals surface area contributed by atoms with E-state index in [-0.39, 0.29) is 22.3 Å². The molecular weight excluding hydrogens is 370 g/mol. The summed E-state index contributed by atoms with van der Waals surface area (Å²) in [5, 5.41) is 2.71. The number of ether oxygens (including phenoxy) is 1. The smallest absolute Gasteiger partial charge is 0.261 e. The van der Waals surface area contributed by atoms with E-state index in [1.165, 1.54) is 18.2 Å². The van der Waals surface area contributed by atoms with Crippen LogP contribution in [0.5, 0.6) is 0 Å². The lowest BCUT2D eigenvalue weighted by Crippen LogP contribution is -2.30. The molecule has 0 aromatic heterocycles. The van der Waals surface area contributed by atoms with E-state index in [2.05, 4.69) is 21.2 Å². The monoisotopic (exact) mass is 383 g/mol. The highest BCUT2D eigenvalue weighted by atomic mass is 79.9. The Balaban J connectivity index is 2.86. The minimum Gasteiger partial charge on any atom is -0.384 e. The molecule has 0 spiro atoms. The van der Waals surface area contributed by atoms with E-state index < -0.39 is 9.05 Å². The van der Waals surface area contributed by atoms with Crippen LogP contribution in [0.15, 0.2) is 27.6 Å². The number of amides is 1. The maximum atomic E-state index is 12.0. The molecule has 0 bridgehead atoms. The molecule has 0 saturated carbocycles. The number of benzene rings is 1. The highest BCUT2D eigenvalue weighted by Gasteiger charge is 2.15. The molecule has 8 heteroatoms. The van der Waals surface area contributed by atoms with Crippen molar-refractivity contribution < 1.29 is 17.9 Å². The first-order chi connectivity index (χ1) is 9.24. The molecule has 1 rings (SSSR count). The second kappa shape index (κ2) is 7.40. The van der Waals surface area contributed by atoms with E-state index in [1.54, 1.807) is 7.11 Å². The van der Waals surface area contributed by atoms with Crippen molar-refractivity contribution in [3.63, 3.8) is 0 Å². The number of rotatable bonds is 6. The van der Waals surface area contributed by atoms with Gasteiger partial charge in [0, 0.05) is 34.4 Å². The zero-order valence-electron chi connectivity index (χ0n) is 11.0. The Bertz CT molecular complexity index is 591. The fraction of sp³-hybridized carbons (Fsp3) is 0.417. The van der Waals surface area contributed by atoms with Crippen LogP contribution in [0.3, 0.4) is 0 Å². The number of carbonyl (C=O) groups is 1. The summed E-state index contributed by atoms with van der Waals surface area (Å²) in [5.74, 6) is -0.205. The summed E-state index contributed by atoms with van der Waals surface area (Å²) in [4.78, 5) is 11.9. The summed E-state index contributed by atoms with van der Waals surface area (Å²) < 4.78 is 28.1. The molecule has 1 aromatic rings. The summed E-state index contributed by atoms with van der Waals surface area (Å²) in [5.41, 5.74) is 0.225. The number of carbonyl (C=O) groups excluding carboxylic acids is 1. The normalized spacial score (nSPS) is 13.0. The van der Waals surface area contributed by atoms with E-state index in [4.69, 9.17) is 15.4 Å². The van der Waals surface area contributed by atoms with Crippen molar-refractivity contribution >= 4 is 41.6 Å². The molecule has 0 aliphatic carbocycles. The zero-order valence-corrected chi connectivity index (χ0v) is 14.2. The summed E-state index contributed by atoms with van der Waals surface area (Å²) in [6.45, 7) is 2.89. The van der Waals surface area contributed by atoms with Gasteiger partial charge in [0.1, 0.15) is 0 Å². The van der Waals surface area contributed by atoms with Gasteiger partial charge in [0.05, 0.1) is 11.5 Å². The zero-order chi connectivity index (χ0) is 15.3. The van der Waals surface area contributed by atoms with Gasteiger partial charge in [-0.3, -0.25) is 4.79 Å². The minimum atomic E-state index is -3.88. The van der Waals surface area contributed by atoms with Crippen LogP contribution >= 0.6 is 26.6 Å². The van der Waals surface area contributed by atoms with Crippen LogP contribution in [-0.2, 0) is 13.8 Å². The highest BCUT2D eigenvalue weighted by molar-refractivity contribution is 9.10. The summed E-state index contributed by atoms with van der Waals surface area (Å²) in [7, 11) is 2.99. The third kappa shape index (κ3) is 5.40. The van der Waals surface area contributed by atoms with Crippen molar-refractivity contribution in [1.29, 1.82) is 0 Å². The van der Waals surface area contributed by atoms with Crippen molar-refractivity contribution in [2.45, 2.75) is 11.8 Å². The molecule has 1 atom stereocenters. The fourth-order valence-corrected chi connectivity index (χ4v) is 2.99. The maximum Gasteiger partial charge on any atom is 0.261 e. The number of methoxy groups -OCH3 is 1. The highest BCUT2D eigenvalue weighted by Crippen LogP contribution is 2.22. The number of nitrogens with one attached hydrogen (secondary N) is 1. The lowest BCUT2D eigenvalue weighted by atomic mass is 10.1. The van der Waals surface area contributed by atoms with E-state index in [0.29, 0.717) is 17.6 Å². The summed E-state index contributed by atoms with van der Waals surface area (Å²) in [6, 6.07) is 4.11. The van der Waals surface area contributed by atoms with E-state index in [9.17, 15) is 13.2 Å². The Morgan fingerprint density at radius 2 is 2.10 bits per heavy atom. The van der Waals surface area contributed by atoms with Crippen molar-refractivity contribution in [2.24, 2.45) is 5.92 Å². The van der Waals surface area contributed by atoms with Gasteiger partial charge in [0.2, 0.25) is 0 Å². The molecule has 1 amide bonds. The van der Waals surface area contributed by atoms with Gasteiger partial charge in [-0.05, 0) is 24.1 Å². The fourth-order valence-electron chi connectivity index (χ4n) is 1.55. The SMILES string of the molecule is COCC(C)CNC(=O)c1cc(Br)cc(S(=O)(=O)Cl)c1. The van der Waals surface area contributed by atoms with Crippen LogP contribution in [0.25, 0.3) is 0 Å². The minimum absolute atomic E-state index is 0.122. The van der Waals surface area contributed by atoms with Gasteiger partial charge in [-0.1, -0.05) is 22.9 Å². The van der Waals surface area contributed by atoms with Crippen LogP contribution < -0.4 is 5.32 Å². The molecule has 0 aliphatic rings. The Hall–Kier alpha value is -0.630. The van der Waals surface area contributed by atoms with Crippen molar-refractivity contribution in [2.75, 3.05) is 20.3 Å². The lowest BCUT2D eigenvalue weighted by Gasteiger charge is -2.12. The van der Waals surface area contributed by atoms with Gasteiger partial charge in [0.25, 0.3) is 15.0 Å². The topological polar surface area (TPSA) is 72.5 Å². The van der Waals surface area contributed by atoms with Gasteiger partial charge >= 0.3 is 0 Å². The molecule has 0 fully saturated rings. The van der Waals surface area contributed by atoms with Gasteiger partial charge in [-0.25, -0.2) is 8.42 Å². The van der Waals surface area contributed by atoms with Gasteiger partial charge in [0.15, 0.2) is 0 Å². The van der Waals surface area contributed by atoms with Crippen molar-refractivity contribution in [3.8, 4) is 0 Å². The molecule has 0 heterocycles. The van der Waals surface area contributed by atoms with E-state index in [0.717, 1.165) is 0 Å². The molecule has 1 unspecified atom stereocenters. The molecule has 0 saturated heterocycles. The number of halogens is 2. The average molecular weight is 385 g/mol. The van der Waals surface area contributed by atoms with E-state index >= 15 is 0 Å². The van der Waals surface area contributed by atoms with Crippen LogP contribution in [0.2, 0.25) is 0 Å². The van der Waals surface area contributed by atoms with E-state index in [1.807, 2.05) is 6.92 Å². The molecule has 0 radical (unpaired) electrons. The molecule has 1 N–H and O–H groups in total. The Morgan fingerprint density at radius 3 is 2.65 bits per heavy atom. The quantitative estimate of drug-likeness (QED) is 0.764. The Labute approximate surface area is 131 Å². The molecule has 112 valence electrons. The molecule has 0 aliphatic heterocycles. The van der Waals surface area contributed by atoms with Gasteiger partial charge in [-0.15, -0.1) is 0 Å². The van der Waals surface area contributed by atoms with Crippen LogP contribution in [0.1, 0.15) is 17.3 Å². The predicted octanol–water partition coefficient (Wildman–Crippen LogP) is 2.39. The predicted molar refractivity (Wildman–Crippen MR) is 80.6 cm³/mol. The van der Waals surface area contributed by atoms with Crippen LogP contribution in [0.4, 0.5) is 0 Å². The van der Waals surface area contributed by atoms with Gasteiger partial charge in [-0.2, -0.15) is 0 Å². The second-order valence-electron chi connectivity index (χ2n) is 4.38. The third-order valence-electron chi connectivity index (χ3n) is 2.48. The average Bonchev–Trinajstić information content (AvgIpc) is 2.34. The Morgan fingerprint density at radius 1 is 1.45 bits per heavy atom. The van der Waals surface area contributed by atoms with Crippen molar-refractivity contribution in [3.05, 3.63) is 28.2 Å². The maximum absolute atomic E-state index is 12.0. The van der Waals surface area contributed by atoms with Gasteiger partial charge < -0.3 is 10.1 Å². The molecule has 1 aromatic carbocycles. The summed E-state index contributed by atoms with van der Waals surface area (Å²) in [6.07, 6.45) is 0.